The summed E-state index contributed by atoms with van der Waals surface area (Å²) in [7, 11) is 1.73. The number of aliphatic hydroxyl groups is 1. The zero-order chi connectivity index (χ0) is 25.4. The highest BCUT2D eigenvalue weighted by atomic mass is 19.3. The third-order valence-electron chi connectivity index (χ3n) is 7.65. The van der Waals surface area contributed by atoms with Crippen LogP contribution in [0.4, 0.5) is 8.78 Å². The molecule has 2 aromatic heterocycles. The summed E-state index contributed by atoms with van der Waals surface area (Å²) in [5.74, 6) is -0.515. The van der Waals surface area contributed by atoms with Gasteiger partial charge in [0.2, 0.25) is 0 Å². The van der Waals surface area contributed by atoms with Crippen LogP contribution >= 0.6 is 0 Å². The molecule has 0 saturated heterocycles. The fraction of sp³-hybridized carbons (Fsp3) is 0.407. The topological polar surface area (TPSA) is 76.3 Å². The molecular formula is C27H27F2N3O4. The van der Waals surface area contributed by atoms with Crippen LogP contribution < -0.4 is 4.74 Å². The minimum absolute atomic E-state index is 0.0271. The molecular weight excluding hydrogens is 468 g/mol. The number of pyridine rings is 1. The fourth-order valence-corrected chi connectivity index (χ4v) is 5.82. The number of ether oxygens (including phenoxy) is 2. The smallest absolute Gasteiger partial charge is 0.387 e. The van der Waals surface area contributed by atoms with E-state index in [9.17, 15) is 18.7 Å². The molecule has 6 rings (SSSR count). The molecule has 0 unspecified atom stereocenters. The number of halogens is 2. The zero-order valence-electron chi connectivity index (χ0n) is 20.2. The van der Waals surface area contributed by atoms with Crippen molar-refractivity contribution in [3.8, 4) is 5.75 Å². The van der Waals surface area contributed by atoms with Crippen molar-refractivity contribution < 1.29 is 28.2 Å². The van der Waals surface area contributed by atoms with Gasteiger partial charge in [-0.2, -0.15) is 13.9 Å². The number of nitrogens with zero attached hydrogens (tertiary/aromatic N) is 3. The Balaban J connectivity index is 1.48. The lowest BCUT2D eigenvalue weighted by molar-refractivity contribution is -0.0804. The van der Waals surface area contributed by atoms with Gasteiger partial charge in [-0.15, -0.1) is 0 Å². The lowest BCUT2D eigenvalue weighted by atomic mass is 9.88. The van der Waals surface area contributed by atoms with Crippen molar-refractivity contribution in [3.05, 3.63) is 70.6 Å². The number of alkyl halides is 2. The Hall–Kier alpha value is -3.30. The predicted molar refractivity (Wildman–Crippen MR) is 128 cm³/mol. The highest BCUT2D eigenvalue weighted by molar-refractivity contribution is 5.98. The molecule has 1 N–H and O–H groups in total. The summed E-state index contributed by atoms with van der Waals surface area (Å²) in [5.41, 5.74) is 4.50. The Bertz CT molecular complexity index is 1410. The van der Waals surface area contributed by atoms with E-state index >= 15 is 0 Å². The second-order valence-corrected chi connectivity index (χ2v) is 10.3. The van der Waals surface area contributed by atoms with Crippen LogP contribution in [0.15, 0.2) is 42.6 Å². The Morgan fingerprint density at radius 1 is 1.25 bits per heavy atom. The summed E-state index contributed by atoms with van der Waals surface area (Å²) >= 11 is 0. The lowest BCUT2D eigenvalue weighted by Crippen LogP contribution is -2.39. The van der Waals surface area contributed by atoms with E-state index in [1.54, 1.807) is 42.4 Å². The van der Waals surface area contributed by atoms with E-state index < -0.39 is 12.2 Å². The van der Waals surface area contributed by atoms with Crippen LogP contribution in [0.5, 0.6) is 5.75 Å². The Labute approximate surface area is 206 Å². The van der Waals surface area contributed by atoms with E-state index in [0.717, 1.165) is 27.9 Å². The van der Waals surface area contributed by atoms with Gasteiger partial charge in [-0.05, 0) is 62.1 Å². The first kappa shape index (κ1) is 23.1. The molecule has 4 heterocycles. The third-order valence-corrected chi connectivity index (χ3v) is 7.65. The SMILES string of the molecule is CN1C(=O)c2cccc(OC(F)F)c2[C@H]2C[C@@H]1c1nn3ccc(C4=CC[C@@H](C(C)(C)O)OC4)cc3c12. The molecule has 3 aromatic rings. The first-order valence-corrected chi connectivity index (χ1v) is 12.0. The Kier molecular flexibility index (Phi) is 5.21. The molecule has 188 valence electrons. The van der Waals surface area contributed by atoms with Gasteiger partial charge in [0.15, 0.2) is 0 Å². The Morgan fingerprint density at radius 3 is 2.75 bits per heavy atom. The van der Waals surface area contributed by atoms with Gasteiger partial charge >= 0.3 is 6.61 Å². The van der Waals surface area contributed by atoms with Gasteiger partial charge in [0.25, 0.3) is 5.91 Å². The maximum atomic E-state index is 13.3. The van der Waals surface area contributed by atoms with Gasteiger partial charge in [-0.3, -0.25) is 4.79 Å². The minimum atomic E-state index is -2.99. The number of aromatic nitrogens is 2. The van der Waals surface area contributed by atoms with E-state index in [0.29, 0.717) is 30.6 Å². The van der Waals surface area contributed by atoms with Crippen molar-refractivity contribution in [2.24, 2.45) is 0 Å². The fourth-order valence-electron chi connectivity index (χ4n) is 5.82. The van der Waals surface area contributed by atoms with Gasteiger partial charge in [-0.25, -0.2) is 4.52 Å². The highest BCUT2D eigenvalue weighted by Gasteiger charge is 2.46. The molecule has 0 fully saturated rings. The van der Waals surface area contributed by atoms with E-state index in [2.05, 4.69) is 6.08 Å². The van der Waals surface area contributed by atoms with Crippen LogP contribution in [0.25, 0.3) is 11.1 Å². The third kappa shape index (κ3) is 3.52. The summed E-state index contributed by atoms with van der Waals surface area (Å²) in [4.78, 5) is 14.9. The number of amides is 1. The number of benzene rings is 1. The predicted octanol–water partition coefficient (Wildman–Crippen LogP) is 4.54. The molecule has 7 nitrogen and oxygen atoms in total. The number of hydrogen-bond acceptors (Lipinski definition) is 5. The lowest BCUT2D eigenvalue weighted by Gasteiger charge is -2.32. The second kappa shape index (κ2) is 8.11. The largest absolute Gasteiger partial charge is 0.434 e. The molecule has 2 aliphatic heterocycles. The van der Waals surface area contributed by atoms with Crippen molar-refractivity contribution >= 4 is 17.0 Å². The second-order valence-electron chi connectivity index (χ2n) is 10.3. The van der Waals surface area contributed by atoms with Crippen LogP contribution in [-0.4, -0.2) is 57.5 Å². The molecule has 3 atom stereocenters. The summed E-state index contributed by atoms with van der Waals surface area (Å²) in [6.45, 7) is 0.861. The van der Waals surface area contributed by atoms with Crippen molar-refractivity contribution in [2.75, 3.05) is 13.7 Å². The van der Waals surface area contributed by atoms with Gasteiger partial charge in [0.1, 0.15) is 5.75 Å². The normalized spacial score (nSPS) is 23.5. The number of carbonyl (C=O) groups excluding carboxylic acids is 1. The first-order chi connectivity index (χ1) is 17.1. The van der Waals surface area contributed by atoms with Crippen LogP contribution in [0.1, 0.15) is 71.4 Å². The summed E-state index contributed by atoms with van der Waals surface area (Å²) in [5, 5.41) is 15.1. The Morgan fingerprint density at radius 2 is 2.06 bits per heavy atom. The van der Waals surface area contributed by atoms with Gasteiger partial charge in [0.05, 0.1) is 35.6 Å². The molecule has 9 heteroatoms. The molecule has 0 saturated carbocycles. The summed E-state index contributed by atoms with van der Waals surface area (Å²) < 4.78 is 39.2. The first-order valence-electron chi connectivity index (χ1n) is 12.0. The number of rotatable bonds is 4. The highest BCUT2D eigenvalue weighted by Crippen LogP contribution is 2.53. The molecule has 2 bridgehead atoms. The summed E-state index contributed by atoms with van der Waals surface area (Å²) in [6.07, 6.45) is 4.85. The van der Waals surface area contributed by atoms with Crippen LogP contribution in [0, 0.1) is 0 Å². The van der Waals surface area contributed by atoms with Gasteiger partial charge in [-0.1, -0.05) is 12.1 Å². The average Bonchev–Trinajstić information content (AvgIpc) is 3.36. The van der Waals surface area contributed by atoms with E-state index in [-0.39, 0.29) is 29.7 Å². The number of carbonyl (C=O) groups is 1. The molecule has 3 aliphatic rings. The molecule has 1 aromatic carbocycles. The van der Waals surface area contributed by atoms with E-state index in [1.165, 1.54) is 6.07 Å². The van der Waals surface area contributed by atoms with Crippen LogP contribution in [-0.2, 0) is 4.74 Å². The molecule has 1 amide bonds. The summed E-state index contributed by atoms with van der Waals surface area (Å²) in [6, 6.07) is 8.49. The van der Waals surface area contributed by atoms with Crippen molar-refractivity contribution in [1.29, 1.82) is 0 Å². The zero-order valence-corrected chi connectivity index (χ0v) is 20.2. The molecule has 1 aliphatic carbocycles. The maximum Gasteiger partial charge on any atom is 0.387 e. The number of hydrogen-bond donors (Lipinski definition) is 1. The van der Waals surface area contributed by atoms with E-state index in [1.807, 2.05) is 18.3 Å². The van der Waals surface area contributed by atoms with Crippen molar-refractivity contribution in [3.63, 3.8) is 0 Å². The molecule has 0 radical (unpaired) electrons. The van der Waals surface area contributed by atoms with Gasteiger partial charge < -0.3 is 19.5 Å². The monoisotopic (exact) mass is 495 g/mol. The number of fused-ring (bicyclic) bond motifs is 9. The minimum Gasteiger partial charge on any atom is -0.434 e. The standard InChI is InChI=1S/C27H27F2N3O4/c1-27(2,34)21-8-7-15(13-35-21)14-9-10-32-18(11-14)23-17-12-19(24(23)30-32)31(3)25(33)16-5-4-6-20(22(16)17)36-26(28)29/h4-7,9-11,17,19,21,26,34H,8,12-13H2,1-3H3/t17-,19-,21+/m1/s1. The van der Waals surface area contributed by atoms with Crippen molar-refractivity contribution in [1.82, 2.24) is 14.5 Å². The van der Waals surface area contributed by atoms with E-state index in [4.69, 9.17) is 14.6 Å². The van der Waals surface area contributed by atoms with Crippen LogP contribution in [0.2, 0.25) is 0 Å². The quantitative estimate of drug-likeness (QED) is 0.575. The molecule has 36 heavy (non-hydrogen) atoms. The maximum absolute atomic E-state index is 13.3. The average molecular weight is 496 g/mol. The van der Waals surface area contributed by atoms with Gasteiger partial charge in [0, 0.05) is 35.9 Å². The van der Waals surface area contributed by atoms with Crippen LogP contribution in [0.3, 0.4) is 0 Å². The van der Waals surface area contributed by atoms with Crippen molar-refractivity contribution in [2.45, 2.75) is 57.0 Å². The molecule has 0 spiro atoms.